The van der Waals surface area contributed by atoms with Gasteiger partial charge in [-0.15, -0.1) is 0 Å². The largest absolute Gasteiger partial charge is 0.340 e. The average Bonchev–Trinajstić information content (AvgIpc) is 2.54. The zero-order chi connectivity index (χ0) is 9.68. The molecule has 1 rings (SSSR count). The standard InChI is InChI=1S/C9H10N4/c1-2-3-8(11)9-12-6-7(13-9)4-5-10/h2-3,6,11H,4H2,1H3,(H,12,13)/b3-2-,11-8?. The van der Waals surface area contributed by atoms with Crippen molar-refractivity contribution < 1.29 is 0 Å². The number of imidazole rings is 1. The van der Waals surface area contributed by atoms with Crippen LogP contribution in [-0.4, -0.2) is 15.7 Å². The van der Waals surface area contributed by atoms with E-state index in [-0.39, 0.29) is 0 Å². The van der Waals surface area contributed by atoms with Gasteiger partial charge in [0.05, 0.1) is 18.2 Å². The van der Waals surface area contributed by atoms with Gasteiger partial charge in [0.1, 0.15) is 0 Å². The number of nitrogens with one attached hydrogen (secondary N) is 2. The molecule has 1 aromatic heterocycles. The Bertz CT molecular complexity index is 367. The van der Waals surface area contributed by atoms with Crippen molar-refractivity contribution in [3.05, 3.63) is 29.9 Å². The van der Waals surface area contributed by atoms with Crippen molar-refractivity contribution in [2.75, 3.05) is 0 Å². The second-order valence-corrected chi connectivity index (χ2v) is 2.51. The highest BCUT2D eigenvalue weighted by Gasteiger charge is 2.02. The van der Waals surface area contributed by atoms with Gasteiger partial charge in [-0.3, -0.25) is 5.41 Å². The molecule has 1 aromatic rings. The Morgan fingerprint density at radius 1 is 1.85 bits per heavy atom. The first-order valence-electron chi connectivity index (χ1n) is 3.90. The fourth-order valence-electron chi connectivity index (χ4n) is 0.917. The van der Waals surface area contributed by atoms with Crippen molar-refractivity contribution in [1.29, 1.82) is 10.7 Å². The number of hydrogen-bond donors (Lipinski definition) is 2. The van der Waals surface area contributed by atoms with Gasteiger partial charge in [-0.25, -0.2) is 4.98 Å². The molecule has 4 nitrogen and oxygen atoms in total. The molecule has 1 heterocycles. The van der Waals surface area contributed by atoms with Crippen LogP contribution in [0.15, 0.2) is 18.3 Å². The van der Waals surface area contributed by atoms with Gasteiger partial charge in [0.2, 0.25) is 0 Å². The van der Waals surface area contributed by atoms with Gasteiger partial charge >= 0.3 is 0 Å². The third-order valence-electron chi connectivity index (χ3n) is 1.49. The van der Waals surface area contributed by atoms with Crippen LogP contribution in [0.25, 0.3) is 0 Å². The highest BCUT2D eigenvalue weighted by atomic mass is 14.9. The van der Waals surface area contributed by atoms with Crippen LogP contribution in [0.1, 0.15) is 18.4 Å². The molecule has 0 amide bonds. The molecule has 0 spiro atoms. The number of allylic oxidation sites excluding steroid dienone is 2. The Labute approximate surface area is 76.4 Å². The fourth-order valence-corrected chi connectivity index (χ4v) is 0.917. The highest BCUT2D eigenvalue weighted by molar-refractivity contribution is 6.03. The molecule has 0 fully saturated rings. The maximum absolute atomic E-state index is 8.41. The van der Waals surface area contributed by atoms with E-state index in [2.05, 4.69) is 9.97 Å². The fraction of sp³-hybridized carbons (Fsp3) is 0.222. The first-order valence-corrected chi connectivity index (χ1v) is 3.90. The number of nitriles is 1. The number of aromatic nitrogens is 2. The molecule has 0 saturated heterocycles. The molecule has 0 unspecified atom stereocenters. The van der Waals surface area contributed by atoms with E-state index in [0.717, 1.165) is 5.69 Å². The summed E-state index contributed by atoms with van der Waals surface area (Å²) in [6.45, 7) is 1.84. The third-order valence-corrected chi connectivity index (χ3v) is 1.49. The second kappa shape index (κ2) is 4.21. The molecule has 13 heavy (non-hydrogen) atoms. The first kappa shape index (κ1) is 9.20. The van der Waals surface area contributed by atoms with Gasteiger partial charge in [-0.2, -0.15) is 5.26 Å². The third kappa shape index (κ3) is 2.27. The molecule has 0 saturated carbocycles. The number of aromatic amines is 1. The van der Waals surface area contributed by atoms with Crippen molar-refractivity contribution in [3.8, 4) is 6.07 Å². The molecule has 0 aromatic carbocycles. The Kier molecular flexibility index (Phi) is 2.98. The topological polar surface area (TPSA) is 76.3 Å². The van der Waals surface area contributed by atoms with E-state index in [1.54, 1.807) is 18.3 Å². The number of H-pyrrole nitrogens is 1. The summed E-state index contributed by atoms with van der Waals surface area (Å²) in [5, 5.41) is 15.9. The molecule has 0 aliphatic heterocycles. The molecule has 0 aliphatic rings. The number of nitrogens with zero attached hydrogens (tertiary/aromatic N) is 2. The number of hydrogen-bond acceptors (Lipinski definition) is 3. The van der Waals surface area contributed by atoms with Crippen LogP contribution in [0.3, 0.4) is 0 Å². The van der Waals surface area contributed by atoms with Crippen LogP contribution in [0, 0.1) is 16.7 Å². The summed E-state index contributed by atoms with van der Waals surface area (Å²) in [4.78, 5) is 6.86. The average molecular weight is 174 g/mol. The SMILES string of the molecule is C/C=C\C(=N)c1ncc(CC#N)[nH]1. The van der Waals surface area contributed by atoms with Gasteiger partial charge in [0.15, 0.2) is 5.82 Å². The summed E-state index contributed by atoms with van der Waals surface area (Å²) in [6, 6.07) is 2.01. The quantitative estimate of drug-likeness (QED) is 0.680. The molecule has 66 valence electrons. The van der Waals surface area contributed by atoms with Gasteiger partial charge < -0.3 is 4.98 Å². The molecule has 0 atom stereocenters. The summed E-state index contributed by atoms with van der Waals surface area (Å²) in [5.41, 5.74) is 1.07. The predicted octanol–water partition coefficient (Wildman–Crippen LogP) is 1.42. The summed E-state index contributed by atoms with van der Waals surface area (Å²) < 4.78 is 0. The summed E-state index contributed by atoms with van der Waals surface area (Å²) in [5.74, 6) is 0.503. The Hall–Kier alpha value is -1.89. The summed E-state index contributed by atoms with van der Waals surface area (Å²) in [7, 11) is 0. The molecular formula is C9H10N4. The molecule has 0 aliphatic carbocycles. The van der Waals surface area contributed by atoms with Gasteiger partial charge in [-0.1, -0.05) is 6.08 Å². The van der Waals surface area contributed by atoms with Gasteiger partial charge in [0.25, 0.3) is 0 Å². The lowest BCUT2D eigenvalue weighted by molar-refractivity contribution is 1.14. The monoisotopic (exact) mass is 174 g/mol. The van der Waals surface area contributed by atoms with E-state index in [4.69, 9.17) is 10.7 Å². The van der Waals surface area contributed by atoms with Crippen LogP contribution in [0.2, 0.25) is 0 Å². The molecule has 0 bridgehead atoms. The number of rotatable bonds is 3. The zero-order valence-electron chi connectivity index (χ0n) is 7.33. The minimum absolute atomic E-state index is 0.302. The van der Waals surface area contributed by atoms with Crippen LogP contribution >= 0.6 is 0 Å². The van der Waals surface area contributed by atoms with Gasteiger partial charge in [0, 0.05) is 11.9 Å². The van der Waals surface area contributed by atoms with Crippen LogP contribution in [0.5, 0.6) is 0 Å². The second-order valence-electron chi connectivity index (χ2n) is 2.51. The van der Waals surface area contributed by atoms with E-state index in [1.165, 1.54) is 0 Å². The lowest BCUT2D eigenvalue weighted by atomic mass is 10.3. The first-order chi connectivity index (χ1) is 6.27. The Balaban J connectivity index is 2.80. The zero-order valence-corrected chi connectivity index (χ0v) is 7.33. The lowest BCUT2D eigenvalue weighted by Crippen LogP contribution is -1.97. The lowest BCUT2D eigenvalue weighted by Gasteiger charge is -1.90. The van der Waals surface area contributed by atoms with E-state index in [0.29, 0.717) is 18.0 Å². The summed E-state index contributed by atoms with van der Waals surface area (Å²) in [6.07, 6.45) is 5.30. The maximum Gasteiger partial charge on any atom is 0.155 e. The predicted molar refractivity (Wildman–Crippen MR) is 49.5 cm³/mol. The van der Waals surface area contributed by atoms with Crippen molar-refractivity contribution in [1.82, 2.24) is 9.97 Å². The van der Waals surface area contributed by atoms with E-state index < -0.39 is 0 Å². The van der Waals surface area contributed by atoms with Crippen molar-refractivity contribution in [2.45, 2.75) is 13.3 Å². The highest BCUT2D eigenvalue weighted by Crippen LogP contribution is 1.99. The molecule has 4 heteroatoms. The minimum atomic E-state index is 0.302. The van der Waals surface area contributed by atoms with E-state index in [9.17, 15) is 0 Å². The normalized spacial score (nSPS) is 10.2. The van der Waals surface area contributed by atoms with E-state index >= 15 is 0 Å². The molecule has 0 radical (unpaired) electrons. The van der Waals surface area contributed by atoms with Crippen molar-refractivity contribution in [3.63, 3.8) is 0 Å². The van der Waals surface area contributed by atoms with Gasteiger partial charge in [-0.05, 0) is 13.0 Å². The van der Waals surface area contributed by atoms with Crippen molar-refractivity contribution >= 4 is 5.71 Å². The van der Waals surface area contributed by atoms with Crippen LogP contribution < -0.4 is 0 Å². The van der Waals surface area contributed by atoms with Crippen LogP contribution in [0.4, 0.5) is 0 Å². The van der Waals surface area contributed by atoms with Crippen molar-refractivity contribution in [2.24, 2.45) is 0 Å². The maximum atomic E-state index is 8.41. The smallest absolute Gasteiger partial charge is 0.155 e. The summed E-state index contributed by atoms with van der Waals surface area (Å²) >= 11 is 0. The molecule has 2 N–H and O–H groups in total. The van der Waals surface area contributed by atoms with Crippen LogP contribution in [-0.2, 0) is 6.42 Å². The Morgan fingerprint density at radius 2 is 2.62 bits per heavy atom. The minimum Gasteiger partial charge on any atom is -0.340 e. The molecular weight excluding hydrogens is 164 g/mol. The Morgan fingerprint density at radius 3 is 3.23 bits per heavy atom. The van der Waals surface area contributed by atoms with E-state index in [1.807, 2.05) is 13.0 Å².